The van der Waals surface area contributed by atoms with Gasteiger partial charge in [0.05, 0.1) is 11.9 Å². The van der Waals surface area contributed by atoms with Crippen molar-refractivity contribution in [2.75, 3.05) is 6.54 Å². The predicted molar refractivity (Wildman–Crippen MR) is 78.1 cm³/mol. The van der Waals surface area contributed by atoms with E-state index < -0.39 is 0 Å². The second-order valence-electron chi connectivity index (χ2n) is 4.52. The summed E-state index contributed by atoms with van der Waals surface area (Å²) in [6.07, 6.45) is 1.40. The lowest BCUT2D eigenvalue weighted by molar-refractivity contribution is 0.0957. The summed E-state index contributed by atoms with van der Waals surface area (Å²) in [5, 5.41) is 16.8. The topological polar surface area (TPSA) is 79.5 Å². The molecule has 6 heteroatoms. The molecule has 0 bridgehead atoms. The van der Waals surface area contributed by atoms with Gasteiger partial charge in [0.15, 0.2) is 5.65 Å². The molecule has 1 amide bonds. The van der Waals surface area contributed by atoms with Crippen LogP contribution in [-0.2, 0) is 0 Å². The molecule has 106 valence electrons. The van der Waals surface area contributed by atoms with E-state index in [9.17, 15) is 9.90 Å². The Kier molecular flexibility index (Phi) is 3.27. The molecule has 3 aromatic rings. The van der Waals surface area contributed by atoms with Gasteiger partial charge in [-0.3, -0.25) is 4.79 Å². The summed E-state index contributed by atoms with van der Waals surface area (Å²) in [5.74, 6) is -0.320. The van der Waals surface area contributed by atoms with Crippen molar-refractivity contribution in [1.82, 2.24) is 19.9 Å². The Morgan fingerprint density at radius 1 is 1.33 bits per heavy atom. The third kappa shape index (κ3) is 2.31. The van der Waals surface area contributed by atoms with Gasteiger partial charge in [0.25, 0.3) is 5.91 Å². The zero-order valence-electron chi connectivity index (χ0n) is 11.4. The normalized spacial score (nSPS) is 10.7. The monoisotopic (exact) mass is 282 g/mol. The van der Waals surface area contributed by atoms with Crippen LogP contribution in [0.1, 0.15) is 17.3 Å². The molecule has 0 fully saturated rings. The van der Waals surface area contributed by atoms with Crippen LogP contribution in [0.4, 0.5) is 0 Å². The van der Waals surface area contributed by atoms with Crippen molar-refractivity contribution in [2.45, 2.75) is 6.92 Å². The van der Waals surface area contributed by atoms with Gasteiger partial charge < -0.3 is 10.4 Å². The van der Waals surface area contributed by atoms with E-state index in [1.807, 2.05) is 37.3 Å². The van der Waals surface area contributed by atoms with Crippen molar-refractivity contribution in [3.05, 3.63) is 48.2 Å². The van der Waals surface area contributed by atoms with Crippen LogP contribution in [-0.4, -0.2) is 32.2 Å². The van der Waals surface area contributed by atoms with Gasteiger partial charge >= 0.3 is 0 Å². The van der Waals surface area contributed by atoms with Gasteiger partial charge in [-0.25, -0.2) is 4.98 Å². The number of benzene rings is 1. The Bertz CT molecular complexity index is 796. The molecular weight excluding hydrogens is 268 g/mol. The number of aromatic hydroxyl groups is 1. The van der Waals surface area contributed by atoms with E-state index in [-0.39, 0.29) is 11.8 Å². The first-order chi connectivity index (χ1) is 10.2. The molecular formula is C15H14N4O2. The first kappa shape index (κ1) is 13.1. The molecule has 0 aliphatic heterocycles. The minimum absolute atomic E-state index is 0.0607. The summed E-state index contributed by atoms with van der Waals surface area (Å²) < 4.78 is 1.25. The second kappa shape index (κ2) is 5.24. The van der Waals surface area contributed by atoms with E-state index in [2.05, 4.69) is 15.4 Å². The first-order valence-corrected chi connectivity index (χ1v) is 6.62. The van der Waals surface area contributed by atoms with E-state index in [4.69, 9.17) is 0 Å². The van der Waals surface area contributed by atoms with Gasteiger partial charge in [-0.15, -0.1) is 0 Å². The maximum Gasteiger partial charge on any atom is 0.256 e. The standard InChI is InChI=1S/C15H14N4O2/c1-2-16-15(21)11-9-17-19-13(20)8-12(18-14(11)19)10-6-4-3-5-7-10/h3-9,20H,2H2,1H3,(H,16,21). The number of hydrogen-bond donors (Lipinski definition) is 2. The summed E-state index contributed by atoms with van der Waals surface area (Å²) in [5.41, 5.74) is 2.12. The van der Waals surface area contributed by atoms with Crippen LogP contribution in [0, 0.1) is 0 Å². The highest BCUT2D eigenvalue weighted by Gasteiger charge is 2.16. The van der Waals surface area contributed by atoms with Crippen LogP contribution in [0.15, 0.2) is 42.6 Å². The molecule has 0 unspecified atom stereocenters. The second-order valence-corrected chi connectivity index (χ2v) is 4.52. The molecule has 0 aliphatic carbocycles. The minimum atomic E-state index is -0.260. The maximum absolute atomic E-state index is 12.0. The van der Waals surface area contributed by atoms with Crippen LogP contribution in [0.5, 0.6) is 5.88 Å². The van der Waals surface area contributed by atoms with Crippen LogP contribution < -0.4 is 5.32 Å². The third-order valence-electron chi connectivity index (χ3n) is 3.10. The summed E-state index contributed by atoms with van der Waals surface area (Å²) in [4.78, 5) is 16.4. The Morgan fingerprint density at radius 2 is 2.10 bits per heavy atom. The molecule has 0 saturated heterocycles. The van der Waals surface area contributed by atoms with Crippen LogP contribution in [0.2, 0.25) is 0 Å². The molecule has 0 aliphatic rings. The van der Waals surface area contributed by atoms with Crippen molar-refractivity contribution in [2.24, 2.45) is 0 Å². The molecule has 3 rings (SSSR count). The smallest absolute Gasteiger partial charge is 0.256 e. The highest BCUT2D eigenvalue weighted by Crippen LogP contribution is 2.23. The number of hydrogen-bond acceptors (Lipinski definition) is 4. The minimum Gasteiger partial charge on any atom is -0.493 e. The van der Waals surface area contributed by atoms with E-state index in [1.54, 1.807) is 0 Å². The fourth-order valence-corrected chi connectivity index (χ4v) is 2.12. The summed E-state index contributed by atoms with van der Waals surface area (Å²) in [6.45, 7) is 2.35. The zero-order valence-corrected chi connectivity index (χ0v) is 11.4. The van der Waals surface area contributed by atoms with Crippen molar-refractivity contribution >= 4 is 11.6 Å². The van der Waals surface area contributed by atoms with E-state index in [0.717, 1.165) is 5.56 Å². The quantitative estimate of drug-likeness (QED) is 0.768. The number of amides is 1. The van der Waals surface area contributed by atoms with Gasteiger partial charge in [-0.1, -0.05) is 30.3 Å². The van der Waals surface area contributed by atoms with Crippen molar-refractivity contribution in [1.29, 1.82) is 0 Å². The van der Waals surface area contributed by atoms with E-state index >= 15 is 0 Å². The summed E-state index contributed by atoms with van der Waals surface area (Å²) in [6, 6.07) is 11.0. The molecule has 1 aromatic carbocycles. The fraction of sp³-hybridized carbons (Fsp3) is 0.133. The molecule has 2 aromatic heterocycles. The van der Waals surface area contributed by atoms with Gasteiger partial charge in [0.2, 0.25) is 5.88 Å². The summed E-state index contributed by atoms with van der Waals surface area (Å²) in [7, 11) is 0. The van der Waals surface area contributed by atoms with Gasteiger partial charge in [0.1, 0.15) is 5.56 Å². The number of nitrogens with zero attached hydrogens (tertiary/aromatic N) is 3. The SMILES string of the molecule is CCNC(=O)c1cnn2c(O)cc(-c3ccccc3)nc12. The van der Waals surface area contributed by atoms with Crippen LogP contribution in [0.3, 0.4) is 0 Å². The number of carbonyl (C=O) groups is 1. The average Bonchev–Trinajstić information content (AvgIpc) is 2.93. The maximum atomic E-state index is 12.0. The molecule has 0 saturated carbocycles. The van der Waals surface area contributed by atoms with Crippen LogP contribution >= 0.6 is 0 Å². The van der Waals surface area contributed by atoms with Gasteiger partial charge in [-0.05, 0) is 6.92 Å². The Morgan fingerprint density at radius 3 is 2.81 bits per heavy atom. The lowest BCUT2D eigenvalue weighted by Gasteiger charge is -2.05. The fourth-order valence-electron chi connectivity index (χ4n) is 2.12. The predicted octanol–water partition coefficient (Wildman–Crippen LogP) is 1.85. The Hall–Kier alpha value is -2.89. The van der Waals surface area contributed by atoms with Crippen molar-refractivity contribution < 1.29 is 9.90 Å². The highest BCUT2D eigenvalue weighted by molar-refractivity contribution is 5.99. The summed E-state index contributed by atoms with van der Waals surface area (Å²) >= 11 is 0. The van der Waals surface area contributed by atoms with E-state index in [1.165, 1.54) is 16.8 Å². The number of fused-ring (bicyclic) bond motifs is 1. The van der Waals surface area contributed by atoms with Gasteiger partial charge in [0, 0.05) is 18.2 Å². The van der Waals surface area contributed by atoms with Crippen molar-refractivity contribution in [3.63, 3.8) is 0 Å². The molecule has 0 atom stereocenters. The number of aromatic nitrogens is 3. The Balaban J connectivity index is 2.17. The lowest BCUT2D eigenvalue weighted by atomic mass is 10.1. The molecule has 0 spiro atoms. The van der Waals surface area contributed by atoms with Gasteiger partial charge in [-0.2, -0.15) is 9.61 Å². The first-order valence-electron chi connectivity index (χ1n) is 6.62. The van der Waals surface area contributed by atoms with Crippen molar-refractivity contribution in [3.8, 4) is 17.1 Å². The largest absolute Gasteiger partial charge is 0.493 e. The third-order valence-corrected chi connectivity index (χ3v) is 3.10. The highest BCUT2D eigenvalue weighted by atomic mass is 16.3. The molecule has 2 heterocycles. The van der Waals surface area contributed by atoms with E-state index in [0.29, 0.717) is 23.4 Å². The number of carbonyl (C=O) groups excluding carboxylic acids is 1. The molecule has 6 nitrogen and oxygen atoms in total. The lowest BCUT2D eigenvalue weighted by Crippen LogP contribution is -2.22. The van der Waals surface area contributed by atoms with Crippen LogP contribution in [0.25, 0.3) is 16.9 Å². The number of rotatable bonds is 3. The zero-order chi connectivity index (χ0) is 14.8. The Labute approximate surface area is 121 Å². The average molecular weight is 282 g/mol. The number of nitrogens with one attached hydrogen (secondary N) is 1. The molecule has 2 N–H and O–H groups in total. The molecule has 0 radical (unpaired) electrons. The molecule has 21 heavy (non-hydrogen) atoms.